The van der Waals surface area contributed by atoms with Gasteiger partial charge in [0.25, 0.3) is 0 Å². The Hall–Kier alpha value is -2.79. The molecule has 5 heteroatoms. The second-order valence-corrected chi connectivity index (χ2v) is 5.55. The molecule has 0 aliphatic rings. The first-order chi connectivity index (χ1) is 10.7. The van der Waals surface area contributed by atoms with Crippen molar-refractivity contribution in [2.75, 3.05) is 0 Å². The number of ether oxygens (including phenoxy) is 1. The molecule has 1 heterocycles. The third kappa shape index (κ3) is 2.66. The molecule has 0 atom stereocenters. The summed E-state index contributed by atoms with van der Waals surface area (Å²) in [6, 6.07) is 15.1. The van der Waals surface area contributed by atoms with E-state index in [2.05, 4.69) is 0 Å². The minimum absolute atomic E-state index is 0.176. The highest BCUT2D eigenvalue weighted by Crippen LogP contribution is 2.20. The van der Waals surface area contributed by atoms with Gasteiger partial charge >= 0.3 is 5.97 Å². The van der Waals surface area contributed by atoms with Crippen LogP contribution >= 0.6 is 11.3 Å². The number of carbonyl (C=O) groups excluding carboxylic acids is 2. The topological polar surface area (TPSA) is 60.4 Å². The summed E-state index contributed by atoms with van der Waals surface area (Å²) in [7, 11) is 0. The van der Waals surface area contributed by atoms with Crippen LogP contribution in [-0.4, -0.2) is 12.3 Å². The zero-order valence-corrected chi connectivity index (χ0v) is 12.1. The largest absolute Gasteiger partial charge is 0.422 e. The van der Waals surface area contributed by atoms with Crippen LogP contribution in [0.15, 0.2) is 59.4 Å². The number of rotatable bonds is 3. The van der Waals surface area contributed by atoms with Crippen LogP contribution < -0.4 is 9.48 Å². The molecule has 0 unspecified atom stereocenters. The predicted molar refractivity (Wildman–Crippen MR) is 84.9 cm³/mol. The molecule has 1 aromatic heterocycles. The molecule has 0 radical (unpaired) electrons. The molecule has 3 aromatic rings. The molecule has 3 rings (SSSR count). The Morgan fingerprint density at radius 2 is 1.77 bits per heavy atom. The Morgan fingerprint density at radius 1 is 1.05 bits per heavy atom. The van der Waals surface area contributed by atoms with Gasteiger partial charge in [-0.2, -0.15) is 0 Å². The minimum atomic E-state index is -0.651. The molecule has 2 aromatic carbocycles. The molecule has 0 fully saturated rings. The lowest BCUT2D eigenvalue weighted by molar-refractivity contribution is 0.0738. The monoisotopic (exact) mass is 310 g/mol. The van der Waals surface area contributed by atoms with E-state index >= 15 is 0 Å². The van der Waals surface area contributed by atoms with E-state index in [0.29, 0.717) is 17.1 Å². The Balaban J connectivity index is 1.99. The van der Waals surface area contributed by atoms with E-state index in [1.807, 2.05) is 0 Å². The van der Waals surface area contributed by atoms with Gasteiger partial charge in [-0.25, -0.2) is 4.79 Å². The summed E-state index contributed by atoms with van der Waals surface area (Å²) in [6.45, 7) is 0. The highest BCUT2D eigenvalue weighted by Gasteiger charge is 2.14. The van der Waals surface area contributed by atoms with Crippen LogP contribution in [0.4, 0.5) is 0 Å². The molecule has 0 aliphatic carbocycles. The second kappa shape index (κ2) is 5.91. The fraction of sp³-hybridized carbons (Fsp3) is 0. The maximum absolute atomic E-state index is 12.2. The van der Waals surface area contributed by atoms with Gasteiger partial charge in [0.2, 0.25) is 4.74 Å². The quantitative estimate of drug-likeness (QED) is 0.423. The molecule has 0 saturated carbocycles. The average Bonchev–Trinajstić information content (AvgIpc) is 2.55. The van der Waals surface area contributed by atoms with E-state index in [1.54, 1.807) is 48.5 Å². The first kappa shape index (κ1) is 14.2. The Labute approximate surface area is 129 Å². The SMILES string of the molecule is O=Cc1ccccc1OC(=O)c1cc2ccccc2c(=O)s1. The van der Waals surface area contributed by atoms with Crippen LogP contribution in [0, 0.1) is 0 Å². The number of benzene rings is 2. The van der Waals surface area contributed by atoms with E-state index in [-0.39, 0.29) is 20.9 Å². The highest BCUT2D eigenvalue weighted by molar-refractivity contribution is 7.11. The highest BCUT2D eigenvalue weighted by atomic mass is 32.1. The lowest BCUT2D eigenvalue weighted by Gasteiger charge is -2.06. The number of fused-ring (bicyclic) bond motifs is 1. The Morgan fingerprint density at radius 3 is 2.59 bits per heavy atom. The van der Waals surface area contributed by atoms with E-state index in [0.717, 1.165) is 11.3 Å². The molecular weight excluding hydrogens is 300 g/mol. The predicted octanol–water partition coefficient (Wildman–Crippen LogP) is 3.29. The van der Waals surface area contributed by atoms with Gasteiger partial charge in [0, 0.05) is 5.39 Å². The van der Waals surface area contributed by atoms with Crippen molar-refractivity contribution in [3.05, 3.63) is 74.6 Å². The third-order valence-corrected chi connectivity index (χ3v) is 4.03. The first-order valence-corrected chi connectivity index (χ1v) is 7.30. The molecule has 0 aliphatic heterocycles. The van der Waals surface area contributed by atoms with Gasteiger partial charge in [-0.15, -0.1) is 0 Å². The molecular formula is C17H10O4S. The molecule has 4 nitrogen and oxygen atoms in total. The van der Waals surface area contributed by atoms with Crippen LogP contribution in [-0.2, 0) is 0 Å². The normalized spacial score (nSPS) is 10.4. The van der Waals surface area contributed by atoms with Crippen LogP contribution in [0.25, 0.3) is 10.8 Å². The van der Waals surface area contributed by atoms with Crippen molar-refractivity contribution in [2.45, 2.75) is 0 Å². The summed E-state index contributed by atoms with van der Waals surface area (Å²) >= 11 is 0.829. The molecule has 0 saturated heterocycles. The van der Waals surface area contributed by atoms with Crippen molar-refractivity contribution < 1.29 is 14.3 Å². The van der Waals surface area contributed by atoms with Crippen molar-refractivity contribution in [3.8, 4) is 5.75 Å². The van der Waals surface area contributed by atoms with E-state index < -0.39 is 5.97 Å². The van der Waals surface area contributed by atoms with Gasteiger partial charge in [0.1, 0.15) is 10.6 Å². The number of esters is 1. The lowest BCUT2D eigenvalue weighted by Crippen LogP contribution is -2.11. The number of aldehydes is 1. The number of hydrogen-bond donors (Lipinski definition) is 0. The summed E-state index contributed by atoms with van der Waals surface area (Å²) in [5.74, 6) is -0.475. The van der Waals surface area contributed by atoms with Crippen molar-refractivity contribution in [3.63, 3.8) is 0 Å². The van der Waals surface area contributed by atoms with Crippen molar-refractivity contribution >= 4 is 34.4 Å². The molecule has 0 amide bonds. The van der Waals surface area contributed by atoms with Crippen LogP contribution in [0.2, 0.25) is 0 Å². The second-order valence-electron chi connectivity index (χ2n) is 4.53. The molecule has 22 heavy (non-hydrogen) atoms. The standard InChI is InChI=1S/C17H10O4S/c18-10-12-6-2-4-8-14(12)21-16(19)15-9-11-5-1-3-7-13(11)17(20)22-15/h1-10H. The third-order valence-electron chi connectivity index (χ3n) is 3.12. The maximum atomic E-state index is 12.2. The molecule has 108 valence electrons. The van der Waals surface area contributed by atoms with Crippen molar-refractivity contribution in [2.24, 2.45) is 0 Å². The van der Waals surface area contributed by atoms with E-state index in [4.69, 9.17) is 4.74 Å². The summed E-state index contributed by atoms with van der Waals surface area (Å²) < 4.78 is 5.03. The average molecular weight is 310 g/mol. The molecule has 0 bridgehead atoms. The minimum Gasteiger partial charge on any atom is -0.422 e. The van der Waals surface area contributed by atoms with Gasteiger partial charge in [-0.05, 0) is 29.7 Å². The molecule has 0 spiro atoms. The first-order valence-electron chi connectivity index (χ1n) is 6.48. The smallest absolute Gasteiger partial charge is 0.353 e. The zero-order chi connectivity index (χ0) is 15.5. The fourth-order valence-electron chi connectivity index (χ4n) is 2.06. The number of carbonyl (C=O) groups is 2. The number of para-hydroxylation sites is 1. The van der Waals surface area contributed by atoms with Gasteiger partial charge in [0.15, 0.2) is 6.29 Å². The van der Waals surface area contributed by atoms with Gasteiger partial charge in [0.05, 0.1) is 5.56 Å². The summed E-state index contributed by atoms with van der Waals surface area (Å²) in [6.07, 6.45) is 0.617. The summed E-state index contributed by atoms with van der Waals surface area (Å²) in [5, 5.41) is 1.25. The molecule has 0 N–H and O–H groups in total. The number of hydrogen-bond acceptors (Lipinski definition) is 5. The van der Waals surface area contributed by atoms with Crippen LogP contribution in [0.5, 0.6) is 5.75 Å². The van der Waals surface area contributed by atoms with Gasteiger partial charge < -0.3 is 4.74 Å². The van der Waals surface area contributed by atoms with Crippen molar-refractivity contribution in [1.82, 2.24) is 0 Å². The van der Waals surface area contributed by atoms with E-state index in [1.165, 1.54) is 6.07 Å². The Kier molecular flexibility index (Phi) is 3.80. The zero-order valence-electron chi connectivity index (χ0n) is 11.3. The van der Waals surface area contributed by atoms with Gasteiger partial charge in [-0.3, -0.25) is 9.59 Å². The summed E-state index contributed by atoms with van der Waals surface area (Å²) in [4.78, 5) is 35.4. The Bertz CT molecular complexity index is 927. The summed E-state index contributed by atoms with van der Waals surface area (Å²) in [5.41, 5.74) is 0.281. The fourth-order valence-corrected chi connectivity index (χ4v) is 2.86. The van der Waals surface area contributed by atoms with E-state index in [9.17, 15) is 14.4 Å². The van der Waals surface area contributed by atoms with Crippen LogP contribution in [0.1, 0.15) is 20.0 Å². The lowest BCUT2D eigenvalue weighted by atomic mass is 10.2. The van der Waals surface area contributed by atoms with Crippen molar-refractivity contribution in [1.29, 1.82) is 0 Å². The van der Waals surface area contributed by atoms with Crippen LogP contribution in [0.3, 0.4) is 0 Å². The van der Waals surface area contributed by atoms with Gasteiger partial charge in [-0.1, -0.05) is 41.7 Å². The maximum Gasteiger partial charge on any atom is 0.353 e.